The normalized spacial score (nSPS) is 10.8. The zero-order valence-electron chi connectivity index (χ0n) is 17.6. The van der Waals surface area contributed by atoms with Crippen LogP contribution in [0.2, 0.25) is 0 Å². The van der Waals surface area contributed by atoms with Crippen molar-refractivity contribution in [1.29, 1.82) is 0 Å². The zero-order valence-corrected chi connectivity index (χ0v) is 19.2. The van der Waals surface area contributed by atoms with Gasteiger partial charge in [-0.3, -0.25) is 14.4 Å². The third kappa shape index (κ3) is 5.24. The van der Waals surface area contributed by atoms with Crippen molar-refractivity contribution in [3.8, 4) is 5.75 Å². The van der Waals surface area contributed by atoms with Crippen molar-refractivity contribution in [2.45, 2.75) is 11.8 Å². The van der Waals surface area contributed by atoms with Gasteiger partial charge in [0.2, 0.25) is 0 Å². The molecule has 0 atom stereocenters. The van der Waals surface area contributed by atoms with E-state index in [9.17, 15) is 13.2 Å². The SMILES string of the molecule is CCN(c1ccccc1)S(=O)(=O)c1ccc(NC(=S)NC(=O)c2ccccc2OC)cc1. The zero-order chi connectivity index (χ0) is 23.1. The number of benzene rings is 3. The smallest absolute Gasteiger partial charge is 0.264 e. The molecule has 7 nitrogen and oxygen atoms in total. The van der Waals surface area contributed by atoms with Gasteiger partial charge < -0.3 is 10.1 Å². The number of hydrogen-bond donors (Lipinski definition) is 2. The summed E-state index contributed by atoms with van der Waals surface area (Å²) >= 11 is 5.21. The molecule has 166 valence electrons. The molecule has 1 amide bonds. The summed E-state index contributed by atoms with van der Waals surface area (Å²) in [7, 11) is -2.24. The lowest BCUT2D eigenvalue weighted by atomic mass is 10.2. The van der Waals surface area contributed by atoms with Crippen LogP contribution in [0.3, 0.4) is 0 Å². The Morgan fingerprint density at radius 1 is 0.969 bits per heavy atom. The summed E-state index contributed by atoms with van der Waals surface area (Å²) < 4.78 is 32.7. The van der Waals surface area contributed by atoms with Gasteiger partial charge in [0, 0.05) is 12.2 Å². The highest BCUT2D eigenvalue weighted by Crippen LogP contribution is 2.24. The predicted octanol–water partition coefficient (Wildman–Crippen LogP) is 4.04. The molecule has 0 heterocycles. The molecule has 0 saturated heterocycles. The third-order valence-corrected chi connectivity index (χ3v) is 6.73. The number of thiocarbonyl (C=S) groups is 1. The molecule has 0 saturated carbocycles. The number of ether oxygens (including phenoxy) is 1. The summed E-state index contributed by atoms with van der Waals surface area (Å²) in [6, 6.07) is 21.9. The van der Waals surface area contributed by atoms with Crippen LogP contribution < -0.4 is 19.7 Å². The first kappa shape index (κ1) is 23.2. The number of carbonyl (C=O) groups is 1. The third-order valence-electron chi connectivity index (χ3n) is 4.61. The lowest BCUT2D eigenvalue weighted by molar-refractivity contribution is 0.0974. The second-order valence-electron chi connectivity index (χ2n) is 6.64. The first-order valence-electron chi connectivity index (χ1n) is 9.80. The number of anilines is 2. The van der Waals surface area contributed by atoms with Gasteiger partial charge in [0.1, 0.15) is 5.75 Å². The van der Waals surface area contributed by atoms with Crippen molar-refractivity contribution in [3.05, 3.63) is 84.4 Å². The minimum absolute atomic E-state index is 0.0796. The highest BCUT2D eigenvalue weighted by atomic mass is 32.2. The van der Waals surface area contributed by atoms with Gasteiger partial charge in [0.15, 0.2) is 5.11 Å². The van der Waals surface area contributed by atoms with E-state index >= 15 is 0 Å². The van der Waals surface area contributed by atoms with Crippen molar-refractivity contribution in [3.63, 3.8) is 0 Å². The maximum absolute atomic E-state index is 13.1. The molecule has 2 N–H and O–H groups in total. The second-order valence-corrected chi connectivity index (χ2v) is 8.91. The molecule has 0 radical (unpaired) electrons. The number of hydrogen-bond acceptors (Lipinski definition) is 5. The van der Waals surface area contributed by atoms with Gasteiger partial charge in [0.05, 0.1) is 23.3 Å². The van der Waals surface area contributed by atoms with Crippen LogP contribution in [0.15, 0.2) is 83.8 Å². The van der Waals surface area contributed by atoms with E-state index in [2.05, 4.69) is 10.6 Å². The number of carbonyl (C=O) groups excluding carboxylic acids is 1. The van der Waals surface area contributed by atoms with E-state index in [-0.39, 0.29) is 10.0 Å². The van der Waals surface area contributed by atoms with Crippen molar-refractivity contribution < 1.29 is 17.9 Å². The summed E-state index contributed by atoms with van der Waals surface area (Å²) in [5, 5.41) is 5.55. The summed E-state index contributed by atoms with van der Waals surface area (Å²) in [6.45, 7) is 2.08. The standard InChI is InChI=1S/C23H23N3O4S2/c1-3-26(18-9-5-4-6-10-18)32(28,29)19-15-13-17(14-16-19)24-23(31)25-22(27)20-11-7-8-12-21(20)30-2/h4-16H,3H2,1-2H3,(H2,24,25,27,31). The van der Waals surface area contributed by atoms with Crippen molar-refractivity contribution in [1.82, 2.24) is 5.32 Å². The predicted molar refractivity (Wildman–Crippen MR) is 130 cm³/mol. The summed E-state index contributed by atoms with van der Waals surface area (Å²) in [5.41, 5.74) is 1.48. The van der Waals surface area contributed by atoms with E-state index in [1.807, 2.05) is 6.07 Å². The van der Waals surface area contributed by atoms with Crippen LogP contribution in [0, 0.1) is 0 Å². The van der Waals surface area contributed by atoms with Crippen LogP contribution in [-0.4, -0.2) is 33.1 Å². The van der Waals surface area contributed by atoms with Crippen LogP contribution in [-0.2, 0) is 10.0 Å². The van der Waals surface area contributed by atoms with E-state index in [1.54, 1.807) is 67.6 Å². The number of nitrogens with zero attached hydrogens (tertiary/aromatic N) is 1. The largest absolute Gasteiger partial charge is 0.496 e. The van der Waals surface area contributed by atoms with Crippen LogP contribution in [0.4, 0.5) is 11.4 Å². The van der Waals surface area contributed by atoms with E-state index in [0.29, 0.717) is 29.2 Å². The lowest BCUT2D eigenvalue weighted by Crippen LogP contribution is -2.34. The molecule has 3 aromatic carbocycles. The average molecular weight is 470 g/mol. The first-order valence-corrected chi connectivity index (χ1v) is 11.6. The molecule has 0 fully saturated rings. The Hall–Kier alpha value is -3.43. The van der Waals surface area contributed by atoms with Crippen LogP contribution in [0.25, 0.3) is 0 Å². The maximum Gasteiger partial charge on any atom is 0.264 e. The molecule has 0 aliphatic rings. The van der Waals surface area contributed by atoms with Crippen LogP contribution >= 0.6 is 12.2 Å². The van der Waals surface area contributed by atoms with Gasteiger partial charge in [-0.25, -0.2) is 8.42 Å². The number of amides is 1. The number of para-hydroxylation sites is 2. The van der Waals surface area contributed by atoms with Gasteiger partial charge in [-0.15, -0.1) is 0 Å². The van der Waals surface area contributed by atoms with Crippen molar-refractivity contribution in [2.75, 3.05) is 23.3 Å². The molecular formula is C23H23N3O4S2. The van der Waals surface area contributed by atoms with E-state index in [4.69, 9.17) is 17.0 Å². The van der Waals surface area contributed by atoms with Gasteiger partial charge in [0.25, 0.3) is 15.9 Å². The highest BCUT2D eigenvalue weighted by molar-refractivity contribution is 7.92. The number of nitrogens with one attached hydrogen (secondary N) is 2. The quantitative estimate of drug-likeness (QED) is 0.508. The molecule has 0 aromatic heterocycles. The molecular weight excluding hydrogens is 446 g/mol. The second kappa shape index (κ2) is 10.3. The van der Waals surface area contributed by atoms with Crippen LogP contribution in [0.5, 0.6) is 5.75 Å². The summed E-state index contributed by atoms with van der Waals surface area (Å²) in [4.78, 5) is 12.6. The molecule has 0 aliphatic carbocycles. The fourth-order valence-electron chi connectivity index (χ4n) is 3.09. The molecule has 3 rings (SSSR count). The maximum atomic E-state index is 13.1. The highest BCUT2D eigenvalue weighted by Gasteiger charge is 2.23. The first-order chi connectivity index (χ1) is 15.4. The molecule has 0 unspecified atom stereocenters. The minimum Gasteiger partial charge on any atom is -0.496 e. The molecule has 0 spiro atoms. The Morgan fingerprint density at radius 2 is 1.59 bits per heavy atom. The Labute approximate surface area is 193 Å². The minimum atomic E-state index is -3.72. The number of rotatable bonds is 7. The monoisotopic (exact) mass is 469 g/mol. The Morgan fingerprint density at radius 3 is 2.22 bits per heavy atom. The summed E-state index contributed by atoms with van der Waals surface area (Å²) in [6.07, 6.45) is 0. The average Bonchev–Trinajstić information content (AvgIpc) is 2.80. The molecule has 3 aromatic rings. The van der Waals surface area contributed by atoms with Crippen molar-refractivity contribution >= 4 is 44.6 Å². The lowest BCUT2D eigenvalue weighted by Gasteiger charge is -2.23. The fourth-order valence-corrected chi connectivity index (χ4v) is 4.77. The molecule has 0 bridgehead atoms. The molecule has 0 aliphatic heterocycles. The number of sulfonamides is 1. The van der Waals surface area contributed by atoms with Gasteiger partial charge >= 0.3 is 0 Å². The summed E-state index contributed by atoms with van der Waals surface area (Å²) in [5.74, 6) is 0.0156. The Balaban J connectivity index is 1.70. The molecule has 9 heteroatoms. The van der Waals surface area contributed by atoms with Gasteiger partial charge in [-0.2, -0.15) is 0 Å². The topological polar surface area (TPSA) is 87.7 Å². The van der Waals surface area contributed by atoms with Gasteiger partial charge in [-0.05, 0) is 67.7 Å². The fraction of sp³-hybridized carbons (Fsp3) is 0.130. The Bertz CT molecular complexity index is 1200. The van der Waals surface area contributed by atoms with Crippen LogP contribution in [0.1, 0.15) is 17.3 Å². The van der Waals surface area contributed by atoms with E-state index < -0.39 is 15.9 Å². The number of methoxy groups -OCH3 is 1. The van der Waals surface area contributed by atoms with Crippen molar-refractivity contribution in [2.24, 2.45) is 0 Å². The molecule has 32 heavy (non-hydrogen) atoms. The van der Waals surface area contributed by atoms with Gasteiger partial charge in [-0.1, -0.05) is 30.3 Å². The Kier molecular flexibility index (Phi) is 7.45. The van der Waals surface area contributed by atoms with E-state index in [1.165, 1.54) is 23.5 Å². The van der Waals surface area contributed by atoms with E-state index in [0.717, 1.165) is 0 Å².